The Bertz CT molecular complexity index is 775. The van der Waals surface area contributed by atoms with Gasteiger partial charge in [-0.3, -0.25) is 4.79 Å². The van der Waals surface area contributed by atoms with Crippen LogP contribution >= 0.6 is 0 Å². The summed E-state index contributed by atoms with van der Waals surface area (Å²) in [5.74, 6) is -0.891. The Labute approximate surface area is 142 Å². The topological polar surface area (TPSA) is 77.3 Å². The molecule has 0 saturated carbocycles. The summed E-state index contributed by atoms with van der Waals surface area (Å²) in [5, 5.41) is 13.0. The second-order valence-corrected chi connectivity index (χ2v) is 5.79. The first-order chi connectivity index (χ1) is 11.2. The molecule has 0 spiro atoms. The fraction of sp³-hybridized carbons (Fsp3) is 0.389. The molecular formula is C18H24N4O2. The van der Waals surface area contributed by atoms with Gasteiger partial charge in [0.15, 0.2) is 11.6 Å². The zero-order valence-corrected chi connectivity index (χ0v) is 15.1. The van der Waals surface area contributed by atoms with Crippen molar-refractivity contribution >= 4 is 28.7 Å². The van der Waals surface area contributed by atoms with Crippen LogP contribution in [0.3, 0.4) is 0 Å². The number of nitrogens with zero attached hydrogens (tertiary/aromatic N) is 3. The van der Waals surface area contributed by atoms with E-state index in [4.69, 9.17) is 0 Å². The van der Waals surface area contributed by atoms with Crippen molar-refractivity contribution in [3.05, 3.63) is 35.5 Å². The average molecular weight is 328 g/mol. The quantitative estimate of drug-likeness (QED) is 0.777. The molecule has 24 heavy (non-hydrogen) atoms. The van der Waals surface area contributed by atoms with Crippen LogP contribution in [0, 0.1) is 6.92 Å². The molecule has 1 unspecified atom stereocenters. The third kappa shape index (κ3) is 2.97. The lowest BCUT2D eigenvalue weighted by Gasteiger charge is -2.36. The van der Waals surface area contributed by atoms with E-state index in [-0.39, 0.29) is 5.78 Å². The van der Waals surface area contributed by atoms with E-state index in [1.165, 1.54) is 0 Å². The standard InChI is InChI=1S/C16H18N4O2.C2H6/c1-8-6-12-13(7-11(8)10(3)21)20(5)15-14(17-12)9(2)18-16(4,22)19-15;1-2/h6-7,18,22H,2H2,1,3-5H3;1-2H3. The number of hydrogen-bond donors (Lipinski definition) is 2. The van der Waals surface area contributed by atoms with Crippen LogP contribution < -0.4 is 10.2 Å². The van der Waals surface area contributed by atoms with Crippen LogP contribution in [0.4, 0.5) is 11.4 Å². The van der Waals surface area contributed by atoms with Gasteiger partial charge in [-0.05, 0) is 31.5 Å². The van der Waals surface area contributed by atoms with Gasteiger partial charge in [0, 0.05) is 19.5 Å². The number of rotatable bonds is 1. The largest absolute Gasteiger partial charge is 0.353 e. The normalized spacial score (nSPS) is 21.5. The summed E-state index contributed by atoms with van der Waals surface area (Å²) in [4.78, 5) is 22.4. The highest BCUT2D eigenvalue weighted by Crippen LogP contribution is 2.37. The maximum atomic E-state index is 11.7. The molecule has 2 aliphatic rings. The Kier molecular flexibility index (Phi) is 4.62. The summed E-state index contributed by atoms with van der Waals surface area (Å²) < 4.78 is 0. The fourth-order valence-electron chi connectivity index (χ4n) is 2.77. The summed E-state index contributed by atoms with van der Waals surface area (Å²) in [6, 6.07) is 3.70. The lowest BCUT2D eigenvalue weighted by atomic mass is 10.0. The molecule has 2 aliphatic heterocycles. The number of anilines is 1. The number of carbonyl (C=O) groups is 1. The number of hydrogen-bond acceptors (Lipinski definition) is 6. The van der Waals surface area contributed by atoms with Crippen LogP contribution in [0.15, 0.2) is 34.4 Å². The Morgan fingerprint density at radius 3 is 2.58 bits per heavy atom. The highest BCUT2D eigenvalue weighted by molar-refractivity contribution is 6.53. The van der Waals surface area contributed by atoms with Gasteiger partial charge in [0.1, 0.15) is 5.71 Å². The lowest BCUT2D eigenvalue weighted by molar-refractivity contribution is 0.0447. The van der Waals surface area contributed by atoms with Crippen molar-refractivity contribution in [3.8, 4) is 0 Å². The molecule has 2 heterocycles. The molecule has 1 aromatic rings. The molecule has 1 aromatic carbocycles. The minimum atomic E-state index is -1.43. The van der Waals surface area contributed by atoms with Crippen LogP contribution in [-0.4, -0.2) is 35.3 Å². The lowest BCUT2D eigenvalue weighted by Crippen LogP contribution is -2.53. The first kappa shape index (κ1) is 17.9. The van der Waals surface area contributed by atoms with Crippen molar-refractivity contribution in [1.29, 1.82) is 0 Å². The molecule has 128 valence electrons. The van der Waals surface area contributed by atoms with Gasteiger partial charge in [0.05, 0.1) is 17.1 Å². The van der Waals surface area contributed by atoms with Gasteiger partial charge in [-0.1, -0.05) is 20.4 Å². The molecule has 0 aromatic heterocycles. The second-order valence-electron chi connectivity index (χ2n) is 5.79. The van der Waals surface area contributed by atoms with E-state index in [9.17, 15) is 9.90 Å². The fourth-order valence-corrected chi connectivity index (χ4v) is 2.77. The average Bonchev–Trinajstić information content (AvgIpc) is 2.49. The predicted octanol–water partition coefficient (Wildman–Crippen LogP) is 2.93. The highest BCUT2D eigenvalue weighted by atomic mass is 16.3. The van der Waals surface area contributed by atoms with Crippen LogP contribution in [0.2, 0.25) is 0 Å². The first-order valence-corrected chi connectivity index (χ1v) is 7.97. The van der Waals surface area contributed by atoms with E-state index in [1.807, 2.05) is 44.9 Å². The molecule has 0 saturated heterocycles. The SMILES string of the molecule is C=C1NC(C)(O)N=C2C1=Nc1cc(C)c(C(C)=O)cc1N2C.CC. The molecule has 0 aliphatic carbocycles. The van der Waals surface area contributed by atoms with E-state index in [0.29, 0.717) is 22.8 Å². The summed E-state index contributed by atoms with van der Waals surface area (Å²) in [6.45, 7) is 12.9. The van der Waals surface area contributed by atoms with Gasteiger partial charge in [0.25, 0.3) is 0 Å². The molecule has 0 bridgehead atoms. The molecule has 0 fully saturated rings. The maximum Gasteiger partial charge on any atom is 0.233 e. The van der Waals surface area contributed by atoms with Crippen LogP contribution in [0.1, 0.15) is 43.6 Å². The molecule has 3 rings (SSSR count). The van der Waals surface area contributed by atoms with Crippen LogP contribution in [-0.2, 0) is 0 Å². The zero-order chi connectivity index (χ0) is 18.2. The number of aryl methyl sites for hydroxylation is 1. The summed E-state index contributed by atoms with van der Waals surface area (Å²) in [6.07, 6.45) is 0. The Balaban J connectivity index is 0.00000100. The van der Waals surface area contributed by atoms with Gasteiger partial charge < -0.3 is 15.3 Å². The van der Waals surface area contributed by atoms with Gasteiger partial charge in [-0.15, -0.1) is 0 Å². The van der Waals surface area contributed by atoms with Gasteiger partial charge in [-0.25, -0.2) is 9.98 Å². The van der Waals surface area contributed by atoms with Gasteiger partial charge in [-0.2, -0.15) is 0 Å². The molecule has 6 nitrogen and oxygen atoms in total. The van der Waals surface area contributed by atoms with Crippen LogP contribution in [0.25, 0.3) is 0 Å². The van der Waals surface area contributed by atoms with Crippen molar-refractivity contribution in [2.75, 3.05) is 11.9 Å². The maximum absolute atomic E-state index is 11.7. The van der Waals surface area contributed by atoms with Crippen molar-refractivity contribution in [2.45, 2.75) is 40.5 Å². The number of ketones is 1. The summed E-state index contributed by atoms with van der Waals surface area (Å²) >= 11 is 0. The Hall–Kier alpha value is -2.47. The molecule has 0 amide bonds. The molecule has 1 atom stereocenters. The third-order valence-corrected chi connectivity index (χ3v) is 3.82. The zero-order valence-electron chi connectivity index (χ0n) is 15.1. The minimum Gasteiger partial charge on any atom is -0.353 e. The summed E-state index contributed by atoms with van der Waals surface area (Å²) in [5.41, 5.74) is 4.18. The van der Waals surface area contributed by atoms with E-state index < -0.39 is 5.85 Å². The second kappa shape index (κ2) is 6.20. The Morgan fingerprint density at radius 2 is 2.00 bits per heavy atom. The first-order valence-electron chi connectivity index (χ1n) is 7.97. The number of nitrogens with one attached hydrogen (secondary N) is 1. The van der Waals surface area contributed by atoms with E-state index in [1.54, 1.807) is 13.8 Å². The van der Waals surface area contributed by atoms with E-state index >= 15 is 0 Å². The molecular weight excluding hydrogens is 304 g/mol. The van der Waals surface area contributed by atoms with E-state index in [0.717, 1.165) is 16.9 Å². The van der Waals surface area contributed by atoms with Gasteiger partial charge >= 0.3 is 0 Å². The minimum absolute atomic E-state index is 0.00660. The number of aliphatic imine (C=N–C) groups is 2. The third-order valence-electron chi connectivity index (χ3n) is 3.82. The van der Waals surface area contributed by atoms with Crippen molar-refractivity contribution in [1.82, 2.24) is 5.32 Å². The Morgan fingerprint density at radius 1 is 1.38 bits per heavy atom. The van der Waals surface area contributed by atoms with Crippen molar-refractivity contribution in [2.24, 2.45) is 9.98 Å². The van der Waals surface area contributed by atoms with Crippen molar-refractivity contribution < 1.29 is 9.90 Å². The van der Waals surface area contributed by atoms with E-state index in [2.05, 4.69) is 21.9 Å². The van der Waals surface area contributed by atoms with Crippen molar-refractivity contribution in [3.63, 3.8) is 0 Å². The highest BCUT2D eigenvalue weighted by Gasteiger charge is 2.35. The number of Topliss-reactive ketones (excluding diaryl/α,β-unsaturated/α-hetero) is 1. The number of benzene rings is 1. The smallest absolute Gasteiger partial charge is 0.233 e. The summed E-state index contributed by atoms with van der Waals surface area (Å²) in [7, 11) is 1.83. The van der Waals surface area contributed by atoms with Crippen LogP contribution in [0.5, 0.6) is 0 Å². The van der Waals surface area contributed by atoms with Gasteiger partial charge in [0.2, 0.25) is 5.85 Å². The number of amidine groups is 1. The number of carbonyl (C=O) groups excluding carboxylic acids is 1. The predicted molar refractivity (Wildman–Crippen MR) is 98.4 cm³/mol. The molecule has 6 heteroatoms. The molecule has 2 N–H and O–H groups in total. The number of aliphatic hydroxyl groups is 1. The molecule has 0 radical (unpaired) electrons. The number of fused-ring (bicyclic) bond motifs is 2. The monoisotopic (exact) mass is 328 g/mol.